The molecule has 1 aliphatic heterocycles. The van der Waals surface area contributed by atoms with Gasteiger partial charge in [-0.05, 0) is 31.2 Å². The summed E-state index contributed by atoms with van der Waals surface area (Å²) in [5.74, 6) is -0.678. The summed E-state index contributed by atoms with van der Waals surface area (Å²) in [6, 6.07) is 7.26. The number of aliphatic hydroxyl groups is 1. The van der Waals surface area contributed by atoms with E-state index in [4.69, 9.17) is 0 Å². The summed E-state index contributed by atoms with van der Waals surface area (Å²) in [4.78, 5) is 17.9. The Morgan fingerprint density at radius 2 is 1.91 bits per heavy atom. The summed E-state index contributed by atoms with van der Waals surface area (Å²) in [7, 11) is 0. The second-order valence-electron chi connectivity index (χ2n) is 6.80. The van der Waals surface area contributed by atoms with Crippen LogP contribution < -0.4 is 4.90 Å². The van der Waals surface area contributed by atoms with Crippen molar-refractivity contribution in [2.75, 3.05) is 18.0 Å². The van der Waals surface area contributed by atoms with Crippen LogP contribution in [0.15, 0.2) is 30.5 Å². The Balaban J connectivity index is 2.01. The molecule has 0 aliphatic carbocycles. The van der Waals surface area contributed by atoms with Gasteiger partial charge in [0.1, 0.15) is 0 Å². The smallest absolute Gasteiger partial charge is 0.336 e. The van der Waals surface area contributed by atoms with Crippen LogP contribution in [0, 0.1) is 11.8 Å². The Kier molecular flexibility index (Phi) is 3.76. The minimum Gasteiger partial charge on any atom is -0.478 e. The van der Waals surface area contributed by atoms with Gasteiger partial charge in [0, 0.05) is 42.2 Å². The van der Waals surface area contributed by atoms with Crippen molar-refractivity contribution in [2.24, 2.45) is 11.8 Å². The zero-order valence-electron chi connectivity index (χ0n) is 13.7. The maximum atomic E-state index is 11.4. The molecular formula is C18H22N2O3. The number of aromatic carboxylic acids is 1. The van der Waals surface area contributed by atoms with Crippen LogP contribution in [0.1, 0.15) is 31.1 Å². The Morgan fingerprint density at radius 1 is 1.26 bits per heavy atom. The van der Waals surface area contributed by atoms with Crippen molar-refractivity contribution < 1.29 is 15.0 Å². The van der Waals surface area contributed by atoms with Crippen LogP contribution >= 0.6 is 0 Å². The molecule has 1 saturated heterocycles. The first-order chi connectivity index (χ1) is 10.8. The molecule has 0 spiro atoms. The summed E-state index contributed by atoms with van der Waals surface area (Å²) in [6.07, 6.45) is 1.52. The minimum atomic E-state index is -0.946. The molecular weight excluding hydrogens is 292 g/mol. The zero-order valence-corrected chi connectivity index (χ0v) is 13.7. The molecule has 1 aliphatic rings. The number of nitrogens with zero attached hydrogens (tertiary/aromatic N) is 2. The van der Waals surface area contributed by atoms with Gasteiger partial charge in [-0.1, -0.05) is 13.8 Å². The van der Waals surface area contributed by atoms with Crippen LogP contribution in [-0.2, 0) is 0 Å². The lowest BCUT2D eigenvalue weighted by atomic mass is 9.76. The highest BCUT2D eigenvalue weighted by Crippen LogP contribution is 2.35. The van der Waals surface area contributed by atoms with Gasteiger partial charge in [0.2, 0.25) is 0 Å². The van der Waals surface area contributed by atoms with E-state index in [2.05, 4.69) is 9.88 Å². The van der Waals surface area contributed by atoms with Crippen LogP contribution in [0.4, 0.5) is 5.69 Å². The molecule has 23 heavy (non-hydrogen) atoms. The lowest BCUT2D eigenvalue weighted by Crippen LogP contribution is -2.54. The van der Waals surface area contributed by atoms with Crippen molar-refractivity contribution in [1.29, 1.82) is 0 Å². The number of rotatable bonds is 2. The molecule has 1 aromatic carbocycles. The van der Waals surface area contributed by atoms with Crippen LogP contribution in [0.5, 0.6) is 0 Å². The number of hydrogen-bond acceptors (Lipinski definition) is 4. The Labute approximate surface area is 135 Å². The van der Waals surface area contributed by atoms with Gasteiger partial charge < -0.3 is 15.1 Å². The van der Waals surface area contributed by atoms with Crippen molar-refractivity contribution in [1.82, 2.24) is 4.98 Å². The van der Waals surface area contributed by atoms with Crippen molar-refractivity contribution in [3.8, 4) is 0 Å². The average molecular weight is 314 g/mol. The summed E-state index contributed by atoms with van der Waals surface area (Å²) >= 11 is 0. The third-order valence-corrected chi connectivity index (χ3v) is 5.30. The van der Waals surface area contributed by atoms with Crippen molar-refractivity contribution in [3.05, 3.63) is 36.0 Å². The molecule has 122 valence electrons. The number of carboxylic acid groups (broad SMARTS) is 1. The molecule has 2 aromatic rings. The van der Waals surface area contributed by atoms with Gasteiger partial charge in [-0.2, -0.15) is 0 Å². The van der Waals surface area contributed by atoms with E-state index in [0.717, 1.165) is 18.8 Å². The van der Waals surface area contributed by atoms with Gasteiger partial charge in [-0.25, -0.2) is 4.79 Å². The fourth-order valence-corrected chi connectivity index (χ4v) is 3.32. The van der Waals surface area contributed by atoms with E-state index >= 15 is 0 Å². The van der Waals surface area contributed by atoms with Gasteiger partial charge in [0.25, 0.3) is 0 Å². The Hall–Kier alpha value is -2.14. The minimum absolute atomic E-state index is 0.134. The molecule has 0 amide bonds. The average Bonchev–Trinajstić information content (AvgIpc) is 2.51. The van der Waals surface area contributed by atoms with Crippen LogP contribution in [-0.4, -0.2) is 39.9 Å². The van der Waals surface area contributed by atoms with Crippen molar-refractivity contribution in [3.63, 3.8) is 0 Å². The summed E-state index contributed by atoms with van der Waals surface area (Å²) in [6.45, 7) is 7.48. The van der Waals surface area contributed by atoms with E-state index < -0.39 is 11.6 Å². The monoisotopic (exact) mass is 314 g/mol. The molecule has 1 aromatic heterocycles. The highest BCUT2D eigenvalue weighted by atomic mass is 16.4. The second kappa shape index (κ2) is 5.49. The van der Waals surface area contributed by atoms with Gasteiger partial charge in [0.15, 0.2) is 0 Å². The van der Waals surface area contributed by atoms with Crippen LogP contribution in [0.2, 0.25) is 0 Å². The number of carbonyl (C=O) groups is 1. The molecule has 2 N–H and O–H groups in total. The fraction of sp³-hybridized carbons (Fsp3) is 0.444. The summed E-state index contributed by atoms with van der Waals surface area (Å²) in [5.41, 5.74) is 1.24. The summed E-state index contributed by atoms with van der Waals surface area (Å²) in [5, 5.41) is 20.6. The number of pyridine rings is 1. The number of hydrogen-bond donors (Lipinski definition) is 2. The topological polar surface area (TPSA) is 73.7 Å². The van der Waals surface area contributed by atoms with Crippen molar-refractivity contribution >= 4 is 22.6 Å². The molecule has 2 unspecified atom stereocenters. The summed E-state index contributed by atoms with van der Waals surface area (Å²) < 4.78 is 0. The Morgan fingerprint density at radius 3 is 2.52 bits per heavy atom. The predicted octanol–water partition coefficient (Wildman–Crippen LogP) is 2.78. The largest absolute Gasteiger partial charge is 0.478 e. The third-order valence-electron chi connectivity index (χ3n) is 5.30. The standard InChI is InChI=1S/C18H22N2O3/c1-11-9-20(10-12(2)18(11,3)23)13-4-5-16-15(8-13)14(17(21)22)6-7-19-16/h4-8,11-12,23H,9-10H2,1-3H3,(H,21,22). The lowest BCUT2D eigenvalue weighted by molar-refractivity contribution is -0.0503. The maximum Gasteiger partial charge on any atom is 0.336 e. The second-order valence-corrected chi connectivity index (χ2v) is 6.80. The van der Waals surface area contributed by atoms with E-state index in [1.807, 2.05) is 39.0 Å². The quantitative estimate of drug-likeness (QED) is 0.891. The predicted molar refractivity (Wildman–Crippen MR) is 89.9 cm³/mol. The number of benzene rings is 1. The molecule has 0 saturated carbocycles. The molecule has 3 rings (SSSR count). The highest BCUT2D eigenvalue weighted by Gasteiger charge is 2.40. The first-order valence-electron chi connectivity index (χ1n) is 7.90. The van der Waals surface area contributed by atoms with E-state index in [1.54, 1.807) is 0 Å². The van der Waals surface area contributed by atoms with Crippen molar-refractivity contribution in [2.45, 2.75) is 26.4 Å². The van der Waals surface area contributed by atoms with Gasteiger partial charge in [-0.3, -0.25) is 4.98 Å². The first-order valence-corrected chi connectivity index (χ1v) is 7.90. The number of aromatic nitrogens is 1. The third kappa shape index (κ3) is 2.65. The maximum absolute atomic E-state index is 11.4. The van der Waals surface area contributed by atoms with Gasteiger partial charge in [-0.15, -0.1) is 0 Å². The normalized spacial score (nSPS) is 28.1. The van der Waals surface area contributed by atoms with E-state index in [9.17, 15) is 15.0 Å². The lowest BCUT2D eigenvalue weighted by Gasteiger charge is -2.46. The zero-order chi connectivity index (χ0) is 16.8. The highest BCUT2D eigenvalue weighted by molar-refractivity contribution is 6.03. The molecule has 2 atom stereocenters. The number of fused-ring (bicyclic) bond motifs is 1. The van der Waals surface area contributed by atoms with E-state index in [-0.39, 0.29) is 17.4 Å². The molecule has 0 radical (unpaired) electrons. The molecule has 5 heteroatoms. The number of carboxylic acids is 1. The first kappa shape index (κ1) is 15.7. The van der Waals surface area contributed by atoms with E-state index in [0.29, 0.717) is 10.9 Å². The van der Waals surface area contributed by atoms with Gasteiger partial charge >= 0.3 is 5.97 Å². The molecule has 0 bridgehead atoms. The number of piperidine rings is 1. The molecule has 2 heterocycles. The van der Waals surface area contributed by atoms with Gasteiger partial charge in [0.05, 0.1) is 16.7 Å². The Bertz CT molecular complexity index is 743. The molecule has 1 fully saturated rings. The van der Waals surface area contributed by atoms with E-state index in [1.165, 1.54) is 12.3 Å². The molecule has 5 nitrogen and oxygen atoms in total. The van der Waals surface area contributed by atoms with Crippen LogP contribution in [0.25, 0.3) is 10.9 Å². The van der Waals surface area contributed by atoms with Crippen LogP contribution in [0.3, 0.4) is 0 Å². The SMILES string of the molecule is CC1CN(c2ccc3nccc(C(=O)O)c3c2)CC(C)C1(C)O. The number of anilines is 1. The fourth-order valence-electron chi connectivity index (χ4n) is 3.32.